The molecule has 0 saturated heterocycles. The third-order valence-corrected chi connectivity index (χ3v) is 1.79. The Morgan fingerprint density at radius 3 is 2.64 bits per heavy atom. The lowest BCUT2D eigenvalue weighted by Gasteiger charge is -1.97. The van der Waals surface area contributed by atoms with Crippen LogP contribution in [0.25, 0.3) is 0 Å². The van der Waals surface area contributed by atoms with Crippen LogP contribution in [0.3, 0.4) is 0 Å². The van der Waals surface area contributed by atoms with Crippen LogP contribution in [0.15, 0.2) is 12.2 Å². The summed E-state index contributed by atoms with van der Waals surface area (Å²) in [4.78, 5) is 10.8. The third kappa shape index (κ3) is 5.84. The first kappa shape index (κ1) is 10.4. The third-order valence-electron chi connectivity index (χ3n) is 1.79. The Labute approximate surface area is 69.5 Å². The van der Waals surface area contributed by atoms with Gasteiger partial charge in [-0.25, -0.2) is 0 Å². The molecular formula is C10H18O. The van der Waals surface area contributed by atoms with E-state index in [1.165, 1.54) is 12.8 Å². The number of ketones is 1. The van der Waals surface area contributed by atoms with E-state index in [2.05, 4.69) is 13.0 Å². The first-order valence-corrected chi connectivity index (χ1v) is 4.35. The van der Waals surface area contributed by atoms with Crippen molar-refractivity contribution in [3.8, 4) is 0 Å². The maximum Gasteiger partial charge on any atom is 0.136 e. The van der Waals surface area contributed by atoms with Crippen molar-refractivity contribution in [1.29, 1.82) is 0 Å². The molecule has 1 heteroatoms. The number of Topliss-reactive ketones (excluding diaryl/α,β-unsaturated/α-hetero) is 1. The van der Waals surface area contributed by atoms with Crippen LogP contribution in [0.2, 0.25) is 0 Å². The van der Waals surface area contributed by atoms with Crippen molar-refractivity contribution in [3.05, 3.63) is 12.2 Å². The second-order valence-corrected chi connectivity index (χ2v) is 2.97. The van der Waals surface area contributed by atoms with E-state index in [9.17, 15) is 4.79 Å². The lowest BCUT2D eigenvalue weighted by molar-refractivity contribution is -0.118. The van der Waals surface area contributed by atoms with E-state index in [0.717, 1.165) is 6.42 Å². The molecule has 0 rings (SSSR count). The molecule has 64 valence electrons. The molecule has 0 aliphatic rings. The standard InChI is InChI=1S/C10H18O/c1-4-5-6-7-8-9(2)10(3)11/h7-9H,4-6H2,1-3H3/b8-7+/t9-/m0/s1. The van der Waals surface area contributed by atoms with Crippen LogP contribution in [0.1, 0.15) is 40.0 Å². The van der Waals surface area contributed by atoms with Gasteiger partial charge in [0.15, 0.2) is 0 Å². The summed E-state index contributed by atoms with van der Waals surface area (Å²) in [5, 5.41) is 0. The summed E-state index contributed by atoms with van der Waals surface area (Å²) in [6, 6.07) is 0. The highest BCUT2D eigenvalue weighted by Crippen LogP contribution is 2.01. The van der Waals surface area contributed by atoms with Crippen molar-refractivity contribution < 1.29 is 4.79 Å². The van der Waals surface area contributed by atoms with E-state index in [-0.39, 0.29) is 11.7 Å². The molecule has 0 aliphatic heterocycles. The lowest BCUT2D eigenvalue weighted by atomic mass is 10.1. The molecule has 0 spiro atoms. The predicted octanol–water partition coefficient (Wildman–Crippen LogP) is 2.96. The zero-order valence-electron chi connectivity index (χ0n) is 7.76. The quantitative estimate of drug-likeness (QED) is 0.439. The maximum atomic E-state index is 10.8. The highest BCUT2D eigenvalue weighted by Gasteiger charge is 2.00. The number of rotatable bonds is 5. The Balaban J connectivity index is 3.48. The summed E-state index contributed by atoms with van der Waals surface area (Å²) < 4.78 is 0. The van der Waals surface area contributed by atoms with Crippen molar-refractivity contribution in [1.82, 2.24) is 0 Å². The molecule has 0 unspecified atom stereocenters. The molecule has 0 aromatic rings. The minimum Gasteiger partial charge on any atom is -0.299 e. The molecule has 0 aliphatic carbocycles. The second kappa shape index (κ2) is 6.14. The Hall–Kier alpha value is -0.590. The molecule has 0 amide bonds. The van der Waals surface area contributed by atoms with E-state index in [1.54, 1.807) is 6.92 Å². The van der Waals surface area contributed by atoms with Gasteiger partial charge in [-0.15, -0.1) is 0 Å². The molecule has 0 radical (unpaired) electrons. The number of allylic oxidation sites excluding steroid dienone is 2. The van der Waals surface area contributed by atoms with Gasteiger partial charge in [0.05, 0.1) is 0 Å². The average Bonchev–Trinajstić information content (AvgIpc) is 1.97. The number of carbonyl (C=O) groups excluding carboxylic acids is 1. The molecule has 11 heavy (non-hydrogen) atoms. The first-order valence-electron chi connectivity index (χ1n) is 4.35. The Morgan fingerprint density at radius 2 is 2.18 bits per heavy atom. The van der Waals surface area contributed by atoms with Crippen molar-refractivity contribution in [2.24, 2.45) is 5.92 Å². The summed E-state index contributed by atoms with van der Waals surface area (Å²) in [6.07, 6.45) is 7.65. The molecular weight excluding hydrogens is 136 g/mol. The fourth-order valence-electron chi connectivity index (χ4n) is 0.758. The largest absolute Gasteiger partial charge is 0.299 e. The fourth-order valence-corrected chi connectivity index (χ4v) is 0.758. The fraction of sp³-hybridized carbons (Fsp3) is 0.700. The van der Waals surface area contributed by atoms with Gasteiger partial charge in [-0.05, 0) is 13.3 Å². The molecule has 1 atom stereocenters. The number of hydrogen-bond donors (Lipinski definition) is 0. The minimum atomic E-state index is 0.104. The Morgan fingerprint density at radius 1 is 1.55 bits per heavy atom. The summed E-state index contributed by atoms with van der Waals surface area (Å²) >= 11 is 0. The van der Waals surface area contributed by atoms with Crippen LogP contribution in [0, 0.1) is 5.92 Å². The number of carbonyl (C=O) groups is 1. The zero-order valence-corrected chi connectivity index (χ0v) is 7.76. The summed E-state index contributed by atoms with van der Waals surface area (Å²) in [6.45, 7) is 5.74. The van der Waals surface area contributed by atoms with Gasteiger partial charge in [0.1, 0.15) is 5.78 Å². The van der Waals surface area contributed by atoms with Crippen LogP contribution < -0.4 is 0 Å². The van der Waals surface area contributed by atoms with E-state index in [0.29, 0.717) is 0 Å². The van der Waals surface area contributed by atoms with Gasteiger partial charge in [0.2, 0.25) is 0 Å². The van der Waals surface area contributed by atoms with Crippen LogP contribution >= 0.6 is 0 Å². The van der Waals surface area contributed by atoms with Gasteiger partial charge >= 0.3 is 0 Å². The van der Waals surface area contributed by atoms with Crippen LogP contribution in [-0.2, 0) is 4.79 Å². The highest BCUT2D eigenvalue weighted by molar-refractivity contribution is 5.79. The smallest absolute Gasteiger partial charge is 0.136 e. The van der Waals surface area contributed by atoms with E-state index < -0.39 is 0 Å². The number of hydrogen-bond acceptors (Lipinski definition) is 1. The summed E-state index contributed by atoms with van der Waals surface area (Å²) in [5.41, 5.74) is 0. The lowest BCUT2D eigenvalue weighted by Crippen LogP contribution is -2.01. The monoisotopic (exact) mass is 154 g/mol. The van der Waals surface area contributed by atoms with Crippen LogP contribution in [0.4, 0.5) is 0 Å². The second-order valence-electron chi connectivity index (χ2n) is 2.97. The van der Waals surface area contributed by atoms with Crippen molar-refractivity contribution >= 4 is 5.78 Å². The topological polar surface area (TPSA) is 17.1 Å². The van der Waals surface area contributed by atoms with Gasteiger partial charge in [-0.2, -0.15) is 0 Å². The summed E-state index contributed by atoms with van der Waals surface area (Å²) in [5.74, 6) is 0.351. The normalized spacial score (nSPS) is 13.7. The van der Waals surface area contributed by atoms with E-state index >= 15 is 0 Å². The van der Waals surface area contributed by atoms with Crippen molar-refractivity contribution in [2.45, 2.75) is 40.0 Å². The van der Waals surface area contributed by atoms with Crippen molar-refractivity contribution in [2.75, 3.05) is 0 Å². The summed E-state index contributed by atoms with van der Waals surface area (Å²) in [7, 11) is 0. The van der Waals surface area contributed by atoms with E-state index in [4.69, 9.17) is 0 Å². The van der Waals surface area contributed by atoms with Gasteiger partial charge in [0, 0.05) is 5.92 Å². The highest BCUT2D eigenvalue weighted by atomic mass is 16.1. The molecule has 0 bridgehead atoms. The van der Waals surface area contributed by atoms with Gasteiger partial charge in [-0.1, -0.05) is 38.8 Å². The Kier molecular flexibility index (Phi) is 5.81. The molecule has 0 fully saturated rings. The van der Waals surface area contributed by atoms with Crippen LogP contribution in [0.5, 0.6) is 0 Å². The SMILES string of the molecule is CCCC/C=C/[C@H](C)C(C)=O. The molecule has 0 saturated carbocycles. The Bertz CT molecular complexity index is 136. The van der Waals surface area contributed by atoms with Crippen molar-refractivity contribution in [3.63, 3.8) is 0 Å². The number of unbranched alkanes of at least 4 members (excludes halogenated alkanes) is 2. The van der Waals surface area contributed by atoms with Gasteiger partial charge in [0.25, 0.3) is 0 Å². The minimum absolute atomic E-state index is 0.104. The molecule has 0 N–H and O–H groups in total. The maximum absolute atomic E-state index is 10.8. The van der Waals surface area contributed by atoms with Crippen LogP contribution in [-0.4, -0.2) is 5.78 Å². The average molecular weight is 154 g/mol. The van der Waals surface area contributed by atoms with E-state index in [1.807, 2.05) is 13.0 Å². The zero-order chi connectivity index (χ0) is 8.69. The molecule has 0 aromatic heterocycles. The molecule has 0 heterocycles. The predicted molar refractivity (Wildman–Crippen MR) is 48.5 cm³/mol. The first-order chi connectivity index (χ1) is 5.18. The van der Waals surface area contributed by atoms with Gasteiger partial charge in [-0.3, -0.25) is 4.79 Å². The van der Waals surface area contributed by atoms with Gasteiger partial charge < -0.3 is 0 Å². The molecule has 0 aromatic carbocycles. The molecule has 1 nitrogen and oxygen atoms in total.